The highest BCUT2D eigenvalue weighted by atomic mass is 16.3. The number of carbonyl (C=O) groups excluding carboxylic acids is 1. The number of aryl methyl sites for hydroxylation is 2. The van der Waals surface area contributed by atoms with E-state index < -0.39 is 0 Å². The summed E-state index contributed by atoms with van der Waals surface area (Å²) in [5, 5.41) is 16.3. The van der Waals surface area contributed by atoms with Crippen molar-refractivity contribution in [2.75, 3.05) is 0 Å². The number of hydrogen-bond acceptors (Lipinski definition) is 3. The lowest BCUT2D eigenvalue weighted by molar-refractivity contribution is -0.118. The Labute approximate surface area is 181 Å². The Morgan fingerprint density at radius 2 is 1.58 bits per heavy atom. The molecule has 0 radical (unpaired) electrons. The number of fused-ring (bicyclic) bond motifs is 1. The lowest BCUT2D eigenvalue weighted by Gasteiger charge is -2.11. The molecule has 1 amide bonds. The third-order valence-electron chi connectivity index (χ3n) is 5.26. The Balaban J connectivity index is 2.02. The van der Waals surface area contributed by atoms with Gasteiger partial charge in [0.05, 0.1) is 16.8 Å². The number of hydrazone groups is 1. The van der Waals surface area contributed by atoms with Crippen LogP contribution in [0.3, 0.4) is 0 Å². The van der Waals surface area contributed by atoms with Gasteiger partial charge in [-0.2, -0.15) is 5.10 Å². The number of aromatic hydroxyl groups is 1. The van der Waals surface area contributed by atoms with Crippen molar-refractivity contribution in [3.8, 4) is 22.7 Å². The average molecular weight is 412 g/mol. The molecule has 3 aromatic carbocycles. The molecule has 5 heteroatoms. The minimum absolute atomic E-state index is 0.0943. The molecular weight excluding hydrogens is 386 g/mol. The number of nitrogens with zero attached hydrogens (tertiary/aromatic N) is 2. The molecule has 1 aromatic heterocycles. The number of carbonyl (C=O) groups is 1. The fourth-order valence-corrected chi connectivity index (χ4v) is 4.00. The Morgan fingerprint density at radius 1 is 0.903 bits per heavy atom. The largest absolute Gasteiger partial charge is 0.494 e. The summed E-state index contributed by atoms with van der Waals surface area (Å²) in [5.41, 5.74) is 9.73. The first-order chi connectivity index (χ1) is 14.8. The van der Waals surface area contributed by atoms with E-state index in [0.717, 1.165) is 38.8 Å². The molecule has 0 aliphatic carbocycles. The van der Waals surface area contributed by atoms with Gasteiger partial charge in [0.25, 0.3) is 0 Å². The van der Waals surface area contributed by atoms with Crippen LogP contribution in [0.5, 0.6) is 5.88 Å². The summed E-state index contributed by atoms with van der Waals surface area (Å²) in [6.45, 7) is 7.26. The van der Waals surface area contributed by atoms with Crippen molar-refractivity contribution in [3.63, 3.8) is 0 Å². The molecule has 4 rings (SSSR count). The SMILES string of the molecule is CC(=O)N/N=C(\C)c1c(O)n(-c2cc(C)cc(C)c2)c2cc(-c3ccccc3)ccc12. The summed E-state index contributed by atoms with van der Waals surface area (Å²) in [6.07, 6.45) is 0. The van der Waals surface area contributed by atoms with E-state index in [0.29, 0.717) is 11.3 Å². The maximum Gasteiger partial charge on any atom is 0.236 e. The number of hydrogen-bond donors (Lipinski definition) is 2. The molecule has 5 nitrogen and oxygen atoms in total. The number of rotatable bonds is 4. The number of benzene rings is 3. The van der Waals surface area contributed by atoms with Crippen LogP contribution in [0, 0.1) is 13.8 Å². The summed E-state index contributed by atoms with van der Waals surface area (Å²) in [5.74, 6) is -0.167. The van der Waals surface area contributed by atoms with E-state index in [1.165, 1.54) is 6.92 Å². The van der Waals surface area contributed by atoms with Gasteiger partial charge in [-0.25, -0.2) is 5.43 Å². The first-order valence-corrected chi connectivity index (χ1v) is 10.2. The minimum atomic E-state index is -0.261. The fourth-order valence-electron chi connectivity index (χ4n) is 4.00. The average Bonchev–Trinajstić information content (AvgIpc) is 3.03. The third-order valence-corrected chi connectivity index (χ3v) is 5.26. The van der Waals surface area contributed by atoms with Crippen LogP contribution in [-0.2, 0) is 4.79 Å². The van der Waals surface area contributed by atoms with Crippen molar-refractivity contribution >= 4 is 22.5 Å². The van der Waals surface area contributed by atoms with Crippen LogP contribution in [0.15, 0.2) is 71.8 Å². The number of amides is 1. The molecule has 156 valence electrons. The predicted octanol–water partition coefficient (Wildman–Crippen LogP) is 5.48. The smallest absolute Gasteiger partial charge is 0.236 e. The van der Waals surface area contributed by atoms with E-state index in [1.807, 2.05) is 60.9 Å². The van der Waals surface area contributed by atoms with E-state index in [-0.39, 0.29) is 11.8 Å². The molecule has 0 bridgehead atoms. The summed E-state index contributed by atoms with van der Waals surface area (Å²) in [7, 11) is 0. The van der Waals surface area contributed by atoms with Gasteiger partial charge in [0.2, 0.25) is 11.8 Å². The summed E-state index contributed by atoms with van der Waals surface area (Å²) >= 11 is 0. The zero-order chi connectivity index (χ0) is 22.1. The van der Waals surface area contributed by atoms with Crippen LogP contribution in [0.2, 0.25) is 0 Å². The molecule has 0 saturated heterocycles. The van der Waals surface area contributed by atoms with Crippen LogP contribution in [0.4, 0.5) is 0 Å². The minimum Gasteiger partial charge on any atom is -0.494 e. The van der Waals surface area contributed by atoms with Gasteiger partial charge in [-0.1, -0.05) is 48.5 Å². The lowest BCUT2D eigenvalue weighted by Crippen LogP contribution is -2.15. The monoisotopic (exact) mass is 411 g/mol. The number of aromatic nitrogens is 1. The molecule has 0 fully saturated rings. The molecule has 4 aromatic rings. The van der Waals surface area contributed by atoms with E-state index in [4.69, 9.17) is 0 Å². The molecule has 0 spiro atoms. The zero-order valence-corrected chi connectivity index (χ0v) is 18.1. The summed E-state index contributed by atoms with van der Waals surface area (Å²) in [4.78, 5) is 11.3. The predicted molar refractivity (Wildman–Crippen MR) is 126 cm³/mol. The normalized spacial score (nSPS) is 11.7. The molecule has 0 aliphatic rings. The van der Waals surface area contributed by atoms with Gasteiger partial charge in [-0.05, 0) is 61.2 Å². The molecular formula is C26H25N3O2. The number of nitrogens with one attached hydrogen (secondary N) is 1. The van der Waals surface area contributed by atoms with Crippen molar-refractivity contribution in [3.05, 3.63) is 83.4 Å². The highest BCUT2D eigenvalue weighted by molar-refractivity contribution is 6.13. The topological polar surface area (TPSA) is 66.6 Å². The molecule has 2 N–H and O–H groups in total. The maximum absolute atomic E-state index is 11.3. The van der Waals surface area contributed by atoms with Crippen molar-refractivity contribution in [1.82, 2.24) is 9.99 Å². The zero-order valence-electron chi connectivity index (χ0n) is 18.1. The van der Waals surface area contributed by atoms with Gasteiger partial charge in [0.1, 0.15) is 0 Å². The Hall–Kier alpha value is -3.86. The molecule has 31 heavy (non-hydrogen) atoms. The maximum atomic E-state index is 11.3. The molecule has 1 heterocycles. The van der Waals surface area contributed by atoms with E-state index in [9.17, 15) is 9.90 Å². The summed E-state index contributed by atoms with van der Waals surface area (Å²) in [6, 6.07) is 22.5. The van der Waals surface area contributed by atoms with Crippen LogP contribution < -0.4 is 5.43 Å². The van der Waals surface area contributed by atoms with Crippen molar-refractivity contribution < 1.29 is 9.90 Å². The lowest BCUT2D eigenvalue weighted by atomic mass is 10.0. The standard InChI is InChI=1S/C26H25N3O2/c1-16-12-17(2)14-22(13-16)29-24-15-21(20-8-6-5-7-9-20)10-11-23(24)25(26(29)31)18(3)27-28-19(4)30/h5-15,31H,1-4H3,(H,28,30)/b27-18+. The van der Waals surface area contributed by atoms with Gasteiger partial charge >= 0.3 is 0 Å². The molecule has 0 saturated carbocycles. The second-order valence-electron chi connectivity index (χ2n) is 7.84. The summed E-state index contributed by atoms with van der Waals surface area (Å²) < 4.78 is 1.85. The van der Waals surface area contributed by atoms with Crippen LogP contribution in [-0.4, -0.2) is 21.3 Å². The second kappa shape index (κ2) is 8.11. The molecule has 0 unspecified atom stereocenters. The van der Waals surface area contributed by atoms with Gasteiger partial charge in [-0.3, -0.25) is 9.36 Å². The van der Waals surface area contributed by atoms with Gasteiger partial charge < -0.3 is 5.11 Å². The van der Waals surface area contributed by atoms with Gasteiger partial charge in [0, 0.05) is 18.0 Å². The van der Waals surface area contributed by atoms with Crippen molar-refractivity contribution in [2.45, 2.75) is 27.7 Å². The van der Waals surface area contributed by atoms with E-state index in [1.54, 1.807) is 6.92 Å². The Kier molecular flexibility index (Phi) is 5.34. The molecule has 0 atom stereocenters. The van der Waals surface area contributed by atoms with E-state index >= 15 is 0 Å². The highest BCUT2D eigenvalue weighted by Gasteiger charge is 2.21. The third kappa shape index (κ3) is 3.94. The molecule has 0 aliphatic heterocycles. The van der Waals surface area contributed by atoms with E-state index in [2.05, 4.69) is 34.8 Å². The first kappa shape index (κ1) is 20.4. The quantitative estimate of drug-likeness (QED) is 0.345. The van der Waals surface area contributed by atoms with Crippen LogP contribution in [0.1, 0.15) is 30.5 Å². The Bertz CT molecular complexity index is 1300. The van der Waals surface area contributed by atoms with Gasteiger partial charge in [0.15, 0.2) is 0 Å². The van der Waals surface area contributed by atoms with Crippen molar-refractivity contribution in [1.29, 1.82) is 0 Å². The highest BCUT2D eigenvalue weighted by Crippen LogP contribution is 2.37. The fraction of sp³-hybridized carbons (Fsp3) is 0.154. The van der Waals surface area contributed by atoms with Crippen LogP contribution in [0.25, 0.3) is 27.7 Å². The van der Waals surface area contributed by atoms with Crippen LogP contribution >= 0.6 is 0 Å². The van der Waals surface area contributed by atoms with Gasteiger partial charge in [-0.15, -0.1) is 0 Å². The first-order valence-electron chi connectivity index (χ1n) is 10.2. The second-order valence-corrected chi connectivity index (χ2v) is 7.84. The van der Waals surface area contributed by atoms with Crippen molar-refractivity contribution in [2.24, 2.45) is 5.10 Å². The Morgan fingerprint density at radius 3 is 2.23 bits per heavy atom.